The number of likely N-dealkylation sites (N-methyl/N-ethyl adjacent to an activating group) is 1. The monoisotopic (exact) mass is 304 g/mol. The molecule has 0 bridgehead atoms. The summed E-state index contributed by atoms with van der Waals surface area (Å²) in [4.78, 5) is 16.5. The fourth-order valence-electron chi connectivity index (χ4n) is 2.40. The summed E-state index contributed by atoms with van der Waals surface area (Å²) in [5.74, 6) is 1.68. The van der Waals surface area contributed by atoms with Crippen LogP contribution in [0, 0.1) is 5.92 Å². The molecule has 0 N–H and O–H groups in total. The molecule has 1 atom stereocenters. The fourth-order valence-corrected chi connectivity index (χ4v) is 2.40. The SMILES string of the molecule is CCC(C)COc1ccc(CC(=O)N2CCN(C)CC2)cc1. The molecule has 0 aromatic heterocycles. The van der Waals surface area contributed by atoms with Gasteiger partial charge in [0.1, 0.15) is 5.75 Å². The van der Waals surface area contributed by atoms with E-state index in [1.165, 1.54) is 0 Å². The van der Waals surface area contributed by atoms with E-state index in [9.17, 15) is 4.79 Å². The van der Waals surface area contributed by atoms with Crippen molar-refractivity contribution in [3.05, 3.63) is 29.8 Å². The summed E-state index contributed by atoms with van der Waals surface area (Å²) in [7, 11) is 2.10. The summed E-state index contributed by atoms with van der Waals surface area (Å²) < 4.78 is 5.75. The van der Waals surface area contributed by atoms with Gasteiger partial charge >= 0.3 is 0 Å². The Hall–Kier alpha value is -1.55. The highest BCUT2D eigenvalue weighted by molar-refractivity contribution is 5.78. The number of amides is 1. The quantitative estimate of drug-likeness (QED) is 0.809. The first-order valence-electron chi connectivity index (χ1n) is 8.26. The fraction of sp³-hybridized carbons (Fsp3) is 0.611. The summed E-state index contributed by atoms with van der Waals surface area (Å²) in [5, 5.41) is 0. The summed E-state index contributed by atoms with van der Waals surface area (Å²) in [5.41, 5.74) is 1.06. The molecule has 1 amide bonds. The zero-order valence-electron chi connectivity index (χ0n) is 14.0. The standard InChI is InChI=1S/C18H28N2O2/c1-4-15(2)14-22-17-7-5-16(6-8-17)13-18(21)20-11-9-19(3)10-12-20/h5-8,15H,4,9-14H2,1-3H3. The lowest BCUT2D eigenvalue weighted by Crippen LogP contribution is -2.47. The largest absolute Gasteiger partial charge is 0.493 e. The number of benzene rings is 1. The molecule has 1 aromatic rings. The van der Waals surface area contributed by atoms with Crippen LogP contribution >= 0.6 is 0 Å². The van der Waals surface area contributed by atoms with Crippen molar-refractivity contribution in [2.75, 3.05) is 39.8 Å². The maximum atomic E-state index is 12.3. The van der Waals surface area contributed by atoms with E-state index in [0.29, 0.717) is 12.3 Å². The maximum absolute atomic E-state index is 12.3. The van der Waals surface area contributed by atoms with E-state index in [4.69, 9.17) is 4.74 Å². The van der Waals surface area contributed by atoms with Crippen LogP contribution < -0.4 is 4.74 Å². The van der Waals surface area contributed by atoms with Crippen LogP contribution in [0.3, 0.4) is 0 Å². The number of carbonyl (C=O) groups is 1. The Bertz CT molecular complexity index is 464. The summed E-state index contributed by atoms with van der Waals surface area (Å²) in [6.45, 7) is 8.71. The summed E-state index contributed by atoms with van der Waals surface area (Å²) in [6, 6.07) is 7.93. The second kappa shape index (κ2) is 8.18. The third-order valence-electron chi connectivity index (χ3n) is 4.37. The Morgan fingerprint density at radius 1 is 1.18 bits per heavy atom. The predicted octanol–water partition coefficient (Wildman–Crippen LogP) is 2.43. The highest BCUT2D eigenvalue weighted by atomic mass is 16.5. The molecule has 1 unspecified atom stereocenters. The first-order chi connectivity index (χ1) is 10.6. The normalized spacial score (nSPS) is 17.3. The molecule has 22 heavy (non-hydrogen) atoms. The van der Waals surface area contributed by atoms with Gasteiger partial charge in [-0.05, 0) is 30.7 Å². The third-order valence-corrected chi connectivity index (χ3v) is 4.37. The van der Waals surface area contributed by atoms with Crippen LogP contribution in [0.4, 0.5) is 0 Å². The van der Waals surface area contributed by atoms with Crippen molar-refractivity contribution in [1.29, 1.82) is 0 Å². The lowest BCUT2D eigenvalue weighted by Gasteiger charge is -2.32. The molecule has 1 heterocycles. The number of hydrogen-bond donors (Lipinski definition) is 0. The molecule has 1 aliphatic heterocycles. The van der Waals surface area contributed by atoms with E-state index in [1.54, 1.807) is 0 Å². The molecule has 1 aromatic carbocycles. The second-order valence-electron chi connectivity index (χ2n) is 6.33. The van der Waals surface area contributed by atoms with E-state index in [0.717, 1.165) is 50.5 Å². The molecular weight excluding hydrogens is 276 g/mol. The molecule has 1 saturated heterocycles. The van der Waals surface area contributed by atoms with Crippen molar-refractivity contribution < 1.29 is 9.53 Å². The van der Waals surface area contributed by atoms with Crippen molar-refractivity contribution in [3.8, 4) is 5.75 Å². The molecule has 0 aliphatic carbocycles. The highest BCUT2D eigenvalue weighted by Crippen LogP contribution is 2.15. The van der Waals surface area contributed by atoms with Gasteiger partial charge in [0.15, 0.2) is 0 Å². The van der Waals surface area contributed by atoms with E-state index in [1.807, 2.05) is 29.2 Å². The average Bonchev–Trinajstić information content (AvgIpc) is 2.54. The van der Waals surface area contributed by atoms with Crippen molar-refractivity contribution in [3.63, 3.8) is 0 Å². The summed E-state index contributed by atoms with van der Waals surface area (Å²) in [6.07, 6.45) is 1.60. The lowest BCUT2D eigenvalue weighted by atomic mass is 10.1. The molecule has 0 spiro atoms. The van der Waals surface area contributed by atoms with Crippen LogP contribution in [-0.4, -0.2) is 55.5 Å². The number of hydrogen-bond acceptors (Lipinski definition) is 3. The Morgan fingerprint density at radius 2 is 1.82 bits per heavy atom. The molecular formula is C18H28N2O2. The topological polar surface area (TPSA) is 32.8 Å². The van der Waals surface area contributed by atoms with Crippen molar-refractivity contribution in [2.24, 2.45) is 5.92 Å². The highest BCUT2D eigenvalue weighted by Gasteiger charge is 2.18. The maximum Gasteiger partial charge on any atom is 0.227 e. The third kappa shape index (κ3) is 5.02. The van der Waals surface area contributed by atoms with Crippen LogP contribution in [0.25, 0.3) is 0 Å². The van der Waals surface area contributed by atoms with Gasteiger partial charge in [-0.2, -0.15) is 0 Å². The molecule has 122 valence electrons. The minimum atomic E-state index is 0.223. The molecule has 0 radical (unpaired) electrons. The molecule has 4 heteroatoms. The Kier molecular flexibility index (Phi) is 6.25. The number of ether oxygens (including phenoxy) is 1. The number of nitrogens with zero attached hydrogens (tertiary/aromatic N) is 2. The first-order valence-corrected chi connectivity index (χ1v) is 8.26. The average molecular weight is 304 g/mol. The number of carbonyl (C=O) groups excluding carboxylic acids is 1. The van der Waals surface area contributed by atoms with Gasteiger partial charge in [0, 0.05) is 26.2 Å². The van der Waals surface area contributed by atoms with E-state index >= 15 is 0 Å². The Morgan fingerprint density at radius 3 is 2.41 bits per heavy atom. The first kappa shape index (κ1) is 16.8. The van der Waals surface area contributed by atoms with Crippen molar-refractivity contribution in [2.45, 2.75) is 26.7 Å². The van der Waals surface area contributed by atoms with Gasteiger partial charge in [0.25, 0.3) is 0 Å². The minimum absolute atomic E-state index is 0.223. The van der Waals surface area contributed by atoms with Gasteiger partial charge in [-0.25, -0.2) is 0 Å². The smallest absolute Gasteiger partial charge is 0.227 e. The van der Waals surface area contributed by atoms with Gasteiger partial charge in [-0.15, -0.1) is 0 Å². The van der Waals surface area contributed by atoms with Gasteiger partial charge in [0.05, 0.1) is 13.0 Å². The molecule has 2 rings (SSSR count). The molecule has 1 aliphatic rings. The van der Waals surface area contributed by atoms with Crippen LogP contribution in [-0.2, 0) is 11.2 Å². The van der Waals surface area contributed by atoms with Gasteiger partial charge in [0.2, 0.25) is 5.91 Å². The van der Waals surface area contributed by atoms with Crippen LogP contribution in [0.1, 0.15) is 25.8 Å². The zero-order valence-corrected chi connectivity index (χ0v) is 14.0. The molecule has 0 saturated carbocycles. The van der Waals surface area contributed by atoms with Crippen LogP contribution in [0.15, 0.2) is 24.3 Å². The number of rotatable bonds is 6. The summed E-state index contributed by atoms with van der Waals surface area (Å²) >= 11 is 0. The van der Waals surface area contributed by atoms with Crippen molar-refractivity contribution in [1.82, 2.24) is 9.80 Å². The Balaban J connectivity index is 1.81. The Labute approximate surface area is 134 Å². The zero-order chi connectivity index (χ0) is 15.9. The molecule has 1 fully saturated rings. The van der Waals surface area contributed by atoms with Crippen molar-refractivity contribution >= 4 is 5.91 Å². The second-order valence-corrected chi connectivity index (χ2v) is 6.33. The van der Waals surface area contributed by atoms with E-state index < -0.39 is 0 Å². The van der Waals surface area contributed by atoms with Gasteiger partial charge in [-0.1, -0.05) is 32.4 Å². The van der Waals surface area contributed by atoms with Gasteiger partial charge < -0.3 is 14.5 Å². The molecule has 4 nitrogen and oxygen atoms in total. The predicted molar refractivity (Wildman–Crippen MR) is 89.2 cm³/mol. The lowest BCUT2D eigenvalue weighted by molar-refractivity contribution is -0.132. The van der Waals surface area contributed by atoms with Gasteiger partial charge in [-0.3, -0.25) is 4.79 Å². The van der Waals surface area contributed by atoms with E-state index in [-0.39, 0.29) is 5.91 Å². The van der Waals surface area contributed by atoms with Crippen LogP contribution in [0.5, 0.6) is 5.75 Å². The van der Waals surface area contributed by atoms with E-state index in [2.05, 4.69) is 25.8 Å². The number of piperazine rings is 1. The minimum Gasteiger partial charge on any atom is -0.493 e. The van der Waals surface area contributed by atoms with Crippen LogP contribution in [0.2, 0.25) is 0 Å².